The number of methoxy groups -OCH3 is 4. The lowest BCUT2D eigenvalue weighted by Gasteiger charge is -2.68. The monoisotopic (exact) mass is 481 g/mol. The summed E-state index contributed by atoms with van der Waals surface area (Å²) in [7, 11) is 6.18. The summed E-state index contributed by atoms with van der Waals surface area (Å²) in [6.45, 7) is 0.498. The number of carbonyl (C=O) groups is 2. The van der Waals surface area contributed by atoms with Crippen molar-refractivity contribution in [2.24, 2.45) is 40.4 Å². The molecule has 190 valence electrons. The number of hydrogen-bond donors (Lipinski definition) is 3. The number of Topliss-reactive ketones (excluding diaryl/α,β-unsaturated/α-hetero) is 1. The van der Waals surface area contributed by atoms with Gasteiger partial charge < -0.3 is 39.2 Å². The molecule has 0 aromatic rings. The average Bonchev–Trinajstić information content (AvgIpc) is 3.13. The number of carbonyl (C=O) groups excluding carboxylic acids is 2. The van der Waals surface area contributed by atoms with E-state index in [9.17, 15) is 24.9 Å². The Hall–Kier alpha value is -1.14. The lowest BCUT2D eigenvalue weighted by molar-refractivity contribution is -0.275. The van der Waals surface area contributed by atoms with E-state index in [1.807, 2.05) is 0 Å². The molecule has 14 atom stereocenters. The molecule has 1 amide bonds. The molecule has 0 aromatic heterocycles. The van der Waals surface area contributed by atoms with Crippen molar-refractivity contribution in [3.8, 4) is 0 Å². The minimum Gasteiger partial charge on any atom is -0.392 e. The normalized spacial score (nSPS) is 58.9. The number of piperidine rings is 1. The number of aliphatic hydroxyl groups is 3. The Morgan fingerprint density at radius 3 is 2.44 bits per heavy atom. The fourth-order valence-electron chi connectivity index (χ4n) is 10.5. The van der Waals surface area contributed by atoms with Crippen LogP contribution in [0, 0.1) is 40.4 Å². The Kier molecular flexibility index (Phi) is 4.94. The number of ether oxygens (including phenoxy) is 4. The van der Waals surface area contributed by atoms with Crippen LogP contribution in [0.15, 0.2) is 0 Å². The lowest BCUT2D eigenvalue weighted by Crippen LogP contribution is -2.77. The first kappa shape index (κ1) is 23.3. The molecule has 0 radical (unpaired) electrons. The predicted octanol–water partition coefficient (Wildman–Crippen LogP) is -1.56. The van der Waals surface area contributed by atoms with Gasteiger partial charge in [-0.05, 0) is 12.3 Å². The molecule has 7 bridgehead atoms. The molecule has 10 nitrogen and oxygen atoms in total. The molecule has 5 saturated carbocycles. The summed E-state index contributed by atoms with van der Waals surface area (Å²) in [4.78, 5) is 28.2. The molecule has 6 aliphatic rings. The second kappa shape index (κ2) is 7.21. The summed E-state index contributed by atoms with van der Waals surface area (Å²) < 4.78 is 23.4. The highest BCUT2D eigenvalue weighted by Gasteiger charge is 2.87. The SMILES string of the molecule is COC[C@]12CN(C=O)[C@@H]3[C@@H]4C(OC)[C@H]1[C@@]3(C(OC)C[C@H]2O)[C@@H]1C[C@@]2(O)[C@H](O)[C@@H]1[C@@H]4C(=O)[C@@H]2OC. The smallest absolute Gasteiger partial charge is 0.210 e. The van der Waals surface area contributed by atoms with E-state index in [4.69, 9.17) is 18.9 Å². The molecule has 10 heteroatoms. The van der Waals surface area contributed by atoms with Gasteiger partial charge in [-0.3, -0.25) is 9.59 Å². The first-order valence-electron chi connectivity index (χ1n) is 12.1. The number of fused-ring (bicyclic) bond motifs is 2. The predicted molar refractivity (Wildman–Crippen MR) is 114 cm³/mol. The lowest BCUT2D eigenvalue weighted by atomic mass is 9.43. The molecule has 6 rings (SSSR count). The van der Waals surface area contributed by atoms with Gasteiger partial charge in [-0.25, -0.2) is 0 Å². The van der Waals surface area contributed by atoms with Crippen LogP contribution in [0.25, 0.3) is 0 Å². The fourth-order valence-corrected chi connectivity index (χ4v) is 10.5. The van der Waals surface area contributed by atoms with E-state index in [1.54, 1.807) is 26.2 Å². The van der Waals surface area contributed by atoms with Crippen LogP contribution in [0.4, 0.5) is 0 Å². The minimum absolute atomic E-state index is 0.154. The molecule has 2 unspecified atom stereocenters. The van der Waals surface area contributed by atoms with Gasteiger partial charge in [-0.1, -0.05) is 0 Å². The summed E-state index contributed by atoms with van der Waals surface area (Å²) in [6, 6.07) is -0.386. The van der Waals surface area contributed by atoms with Crippen molar-refractivity contribution >= 4 is 12.2 Å². The number of likely N-dealkylation sites (tertiary alicyclic amines) is 1. The van der Waals surface area contributed by atoms with E-state index in [0.717, 1.165) is 6.41 Å². The topological polar surface area (TPSA) is 135 Å². The van der Waals surface area contributed by atoms with Crippen molar-refractivity contribution in [1.29, 1.82) is 0 Å². The van der Waals surface area contributed by atoms with Crippen LogP contribution in [0.5, 0.6) is 0 Å². The van der Waals surface area contributed by atoms with E-state index in [2.05, 4.69) is 0 Å². The van der Waals surface area contributed by atoms with Gasteiger partial charge in [0.25, 0.3) is 0 Å². The highest BCUT2D eigenvalue weighted by atomic mass is 16.5. The van der Waals surface area contributed by atoms with E-state index in [0.29, 0.717) is 6.42 Å². The van der Waals surface area contributed by atoms with Gasteiger partial charge in [0, 0.05) is 81.9 Å². The van der Waals surface area contributed by atoms with Crippen molar-refractivity contribution in [1.82, 2.24) is 4.90 Å². The van der Waals surface area contributed by atoms with Crippen molar-refractivity contribution in [2.45, 2.75) is 55.0 Å². The summed E-state index contributed by atoms with van der Waals surface area (Å²) in [5, 5.41) is 34.6. The number of nitrogens with zero attached hydrogens (tertiary/aromatic N) is 1. The molecule has 1 saturated heterocycles. The number of rotatable bonds is 6. The van der Waals surface area contributed by atoms with E-state index < -0.39 is 64.7 Å². The van der Waals surface area contributed by atoms with Gasteiger partial charge in [-0.2, -0.15) is 0 Å². The first-order valence-corrected chi connectivity index (χ1v) is 12.1. The van der Waals surface area contributed by atoms with Gasteiger partial charge in [0.2, 0.25) is 6.41 Å². The molecule has 1 heterocycles. The van der Waals surface area contributed by atoms with Crippen LogP contribution in [0.2, 0.25) is 0 Å². The Morgan fingerprint density at radius 1 is 1.12 bits per heavy atom. The maximum absolute atomic E-state index is 13.9. The van der Waals surface area contributed by atoms with Crippen LogP contribution in [-0.4, -0.2) is 116 Å². The minimum atomic E-state index is -1.71. The fraction of sp³-hybridized carbons (Fsp3) is 0.917. The number of amides is 1. The molecule has 0 aromatic carbocycles. The van der Waals surface area contributed by atoms with Crippen molar-refractivity contribution in [3.05, 3.63) is 0 Å². The van der Waals surface area contributed by atoms with Crippen LogP contribution in [0.1, 0.15) is 12.8 Å². The standard InChI is InChI=1S/C24H35NO9/c1-31-8-22-7-25(9-26)19-15-14-13-10(6-23(30,20(13)29)21(34-4)16(14)28)24(19,18(22)17(15)33-3)12(32-2)5-11(22)27/h9-15,17-21,27,29-30H,5-8H2,1-4H3/t10-,11-,12?,13+,14+,15+,17?,18-,19-,20-,21+,22+,23-,24+/m1/s1. The third-order valence-electron chi connectivity index (χ3n) is 11.0. The Morgan fingerprint density at radius 2 is 1.85 bits per heavy atom. The van der Waals surface area contributed by atoms with Gasteiger partial charge in [0.15, 0.2) is 5.78 Å². The molecule has 3 N–H and O–H groups in total. The van der Waals surface area contributed by atoms with Gasteiger partial charge in [-0.15, -0.1) is 0 Å². The van der Waals surface area contributed by atoms with Crippen molar-refractivity contribution < 1.29 is 43.9 Å². The highest BCUT2D eigenvalue weighted by Crippen LogP contribution is 2.78. The maximum Gasteiger partial charge on any atom is 0.210 e. The van der Waals surface area contributed by atoms with Crippen LogP contribution in [0.3, 0.4) is 0 Å². The van der Waals surface area contributed by atoms with Gasteiger partial charge in [0.05, 0.1) is 31.0 Å². The zero-order valence-corrected chi connectivity index (χ0v) is 20.0. The third kappa shape index (κ3) is 2.16. The van der Waals surface area contributed by atoms with E-state index in [1.165, 1.54) is 7.11 Å². The summed E-state index contributed by atoms with van der Waals surface area (Å²) in [6.07, 6.45) is -2.73. The van der Waals surface area contributed by atoms with Crippen LogP contribution >= 0.6 is 0 Å². The van der Waals surface area contributed by atoms with E-state index >= 15 is 0 Å². The molecule has 6 fully saturated rings. The largest absolute Gasteiger partial charge is 0.392 e. The third-order valence-corrected chi connectivity index (χ3v) is 11.0. The quantitative estimate of drug-likeness (QED) is 0.385. The van der Waals surface area contributed by atoms with Crippen LogP contribution < -0.4 is 0 Å². The van der Waals surface area contributed by atoms with Crippen molar-refractivity contribution in [3.63, 3.8) is 0 Å². The number of aliphatic hydroxyl groups excluding tert-OH is 2. The molecular weight excluding hydrogens is 446 g/mol. The molecule has 1 spiro atoms. The Bertz CT molecular complexity index is 902. The molecular formula is C24H35NO9. The second-order valence-corrected chi connectivity index (χ2v) is 11.5. The number of hydrogen-bond acceptors (Lipinski definition) is 9. The summed E-state index contributed by atoms with van der Waals surface area (Å²) in [5.41, 5.74) is -3.27. The molecule has 1 aliphatic heterocycles. The van der Waals surface area contributed by atoms with Crippen molar-refractivity contribution in [2.75, 3.05) is 41.6 Å². The van der Waals surface area contributed by atoms with Gasteiger partial charge in [0.1, 0.15) is 11.7 Å². The Labute approximate surface area is 198 Å². The maximum atomic E-state index is 13.9. The second-order valence-electron chi connectivity index (χ2n) is 11.5. The zero-order valence-electron chi connectivity index (χ0n) is 20.0. The number of ketones is 1. The summed E-state index contributed by atoms with van der Waals surface area (Å²) >= 11 is 0. The Balaban J connectivity index is 1.66. The molecule has 5 aliphatic carbocycles. The first-order chi connectivity index (χ1) is 16.2. The average molecular weight is 482 g/mol. The van der Waals surface area contributed by atoms with E-state index in [-0.39, 0.29) is 43.2 Å². The zero-order chi connectivity index (χ0) is 24.4. The highest BCUT2D eigenvalue weighted by molar-refractivity contribution is 5.90. The molecule has 34 heavy (non-hydrogen) atoms. The van der Waals surface area contributed by atoms with Crippen LogP contribution in [-0.2, 0) is 28.5 Å². The van der Waals surface area contributed by atoms with Gasteiger partial charge >= 0.3 is 0 Å². The summed E-state index contributed by atoms with van der Waals surface area (Å²) in [5.74, 6) is -2.44.